The van der Waals surface area contributed by atoms with Crippen molar-refractivity contribution in [2.45, 2.75) is 24.9 Å². The van der Waals surface area contributed by atoms with E-state index in [4.69, 9.17) is 11.5 Å². The van der Waals surface area contributed by atoms with E-state index in [0.29, 0.717) is 12.6 Å². The summed E-state index contributed by atoms with van der Waals surface area (Å²) in [6, 6.07) is -1.83. The van der Waals surface area contributed by atoms with Crippen molar-refractivity contribution in [1.82, 2.24) is 0 Å². The second kappa shape index (κ2) is 13.5. The second-order valence-electron chi connectivity index (χ2n) is 2.75. The molecule has 8 nitrogen and oxygen atoms in total. The smallest absolute Gasteiger partial charge is 0.550 e. The summed E-state index contributed by atoms with van der Waals surface area (Å²) in [7, 11) is 0. The first-order valence-electron chi connectivity index (χ1n) is 4.14. The molecule has 2 atom stereocenters. The predicted octanol–water partition coefficient (Wildman–Crippen LogP) is -5.08. The molecule has 0 aromatic rings. The van der Waals surface area contributed by atoms with E-state index in [9.17, 15) is 29.4 Å². The minimum atomic E-state index is -1.30. The fourth-order valence-corrected chi connectivity index (χ4v) is 0.481. The van der Waals surface area contributed by atoms with Crippen molar-refractivity contribution >= 4 is 62.2 Å². The topological polar surface area (TPSA) is 166 Å². The van der Waals surface area contributed by atoms with Crippen molar-refractivity contribution in [3.05, 3.63) is 0 Å². The molecule has 0 rings (SSSR count). The molecule has 0 fully saturated rings. The Morgan fingerprint density at radius 1 is 0.941 bits per heavy atom. The number of rotatable bonds is 6. The Morgan fingerprint density at radius 2 is 1.18 bits per heavy atom. The van der Waals surface area contributed by atoms with Gasteiger partial charge in [-0.1, -0.05) is 0 Å². The maximum absolute atomic E-state index is 9.62. The van der Waals surface area contributed by atoms with E-state index in [0.717, 1.165) is 0 Å². The predicted molar refractivity (Wildman–Crippen MR) is 53.1 cm³/mol. The van der Waals surface area contributed by atoms with Crippen molar-refractivity contribution in [1.29, 1.82) is 0 Å². The van der Waals surface area contributed by atoms with Gasteiger partial charge in [0, 0.05) is 24.8 Å². The van der Waals surface area contributed by atoms with Gasteiger partial charge in [0.05, 0.1) is 12.1 Å². The molecule has 0 aromatic heterocycles. The van der Waals surface area contributed by atoms with Gasteiger partial charge < -0.3 is 40.9 Å². The Labute approximate surface area is 127 Å². The summed E-state index contributed by atoms with van der Waals surface area (Å²) in [6.45, 7) is 0. The molecule has 0 unspecified atom stereocenters. The van der Waals surface area contributed by atoms with Crippen LogP contribution in [0, 0.1) is 0 Å². The zero-order valence-electron chi connectivity index (χ0n) is 9.03. The van der Waals surface area contributed by atoms with Crippen molar-refractivity contribution in [3.63, 3.8) is 0 Å². The normalized spacial score (nSPS) is 11.9. The summed E-state index contributed by atoms with van der Waals surface area (Å²) < 4.78 is 0. The monoisotopic (exact) mass is 272 g/mol. The molecule has 0 saturated heterocycles. The van der Waals surface area contributed by atoms with E-state index in [1.807, 2.05) is 0 Å². The van der Waals surface area contributed by atoms with Gasteiger partial charge in [-0.15, -0.1) is 0 Å². The molecule has 0 radical (unpaired) electrons. The van der Waals surface area contributed by atoms with Gasteiger partial charge in [-0.25, -0.2) is 0 Å². The number of carbonyl (C=O) groups excluding carboxylic acids is 4. The number of aliphatic carboxylic acids is 2. The Kier molecular flexibility index (Phi) is 17.3. The van der Waals surface area contributed by atoms with E-state index >= 15 is 0 Å². The van der Waals surface area contributed by atoms with Crippen LogP contribution in [0.5, 0.6) is 0 Å². The van der Waals surface area contributed by atoms with Crippen LogP contribution in [0.1, 0.15) is 12.8 Å². The van der Waals surface area contributed by atoms with Crippen LogP contribution >= 0.6 is 0 Å². The molecule has 0 aliphatic heterocycles. The van der Waals surface area contributed by atoms with E-state index < -0.39 is 36.9 Å². The fraction of sp³-hybridized carbons (Fsp3) is 0.500. The summed E-state index contributed by atoms with van der Waals surface area (Å²) in [5, 5.41) is 19.2. The third-order valence-electron chi connectivity index (χ3n) is 1.15. The Bertz CT molecular complexity index is 234. The molecule has 0 aliphatic rings. The maximum atomic E-state index is 9.62. The van der Waals surface area contributed by atoms with Crippen molar-refractivity contribution in [2.24, 2.45) is 11.5 Å². The average Bonchev–Trinajstić information content (AvgIpc) is 2.16. The van der Waals surface area contributed by atoms with Gasteiger partial charge in [-0.05, 0) is 0 Å². The zero-order valence-corrected chi connectivity index (χ0v) is 11.2. The minimum absolute atomic E-state index is 0. The van der Waals surface area contributed by atoms with Crippen LogP contribution in [0.2, 0.25) is 0 Å². The van der Waals surface area contributed by atoms with Crippen LogP contribution in [-0.4, -0.2) is 74.3 Å². The number of carboxylic acids is 2. The average molecular weight is 272 g/mol. The molecule has 0 heterocycles. The van der Waals surface area contributed by atoms with Gasteiger partial charge in [0.25, 0.3) is 0 Å². The molecule has 0 aromatic carbocycles. The molecule has 17 heavy (non-hydrogen) atoms. The SMILES string of the molecule is N[C@H](C=O)CC(=O)[O-].N[C@H](C=O)CC(=O)[O-].[Ca+2]. The molecular weight excluding hydrogens is 260 g/mol. The largest absolute Gasteiger partial charge is 2.00 e. The number of hydrogen-bond donors (Lipinski definition) is 2. The van der Waals surface area contributed by atoms with E-state index in [-0.39, 0.29) is 37.7 Å². The van der Waals surface area contributed by atoms with Gasteiger partial charge in [0.2, 0.25) is 0 Å². The summed E-state index contributed by atoms with van der Waals surface area (Å²) in [5.74, 6) is -2.60. The molecule has 0 amide bonds. The summed E-state index contributed by atoms with van der Waals surface area (Å²) in [5.41, 5.74) is 9.77. The maximum Gasteiger partial charge on any atom is 2.00 e. The van der Waals surface area contributed by atoms with Crippen LogP contribution in [0.4, 0.5) is 0 Å². The van der Waals surface area contributed by atoms with E-state index in [2.05, 4.69) is 0 Å². The first-order valence-corrected chi connectivity index (χ1v) is 4.14. The quantitative estimate of drug-likeness (QED) is 0.357. The summed E-state index contributed by atoms with van der Waals surface area (Å²) in [4.78, 5) is 38.5. The molecule has 4 N–H and O–H groups in total. The van der Waals surface area contributed by atoms with Crippen molar-refractivity contribution in [2.75, 3.05) is 0 Å². The van der Waals surface area contributed by atoms with Gasteiger partial charge in [-0.2, -0.15) is 0 Å². The van der Waals surface area contributed by atoms with Crippen LogP contribution in [0.3, 0.4) is 0 Å². The second-order valence-corrected chi connectivity index (χ2v) is 2.75. The van der Waals surface area contributed by atoms with Gasteiger partial charge >= 0.3 is 37.7 Å². The van der Waals surface area contributed by atoms with E-state index in [1.54, 1.807) is 0 Å². The van der Waals surface area contributed by atoms with Gasteiger partial charge in [-0.3, -0.25) is 0 Å². The number of nitrogens with two attached hydrogens (primary N) is 2. The van der Waals surface area contributed by atoms with Crippen LogP contribution in [0.15, 0.2) is 0 Å². The van der Waals surface area contributed by atoms with Gasteiger partial charge in [0.1, 0.15) is 12.6 Å². The third kappa shape index (κ3) is 21.3. The minimum Gasteiger partial charge on any atom is -0.550 e. The number of carbonyl (C=O) groups is 4. The zero-order chi connectivity index (χ0) is 13.1. The molecule has 0 saturated carbocycles. The van der Waals surface area contributed by atoms with Crippen molar-refractivity contribution in [3.8, 4) is 0 Å². The Hall–Kier alpha value is -0.540. The van der Waals surface area contributed by atoms with Crippen molar-refractivity contribution < 1.29 is 29.4 Å². The fourth-order valence-electron chi connectivity index (χ4n) is 0.481. The summed E-state index contributed by atoms with van der Waals surface area (Å²) >= 11 is 0. The molecule has 0 bridgehead atoms. The number of hydrogen-bond acceptors (Lipinski definition) is 8. The Balaban J connectivity index is -0.000000218. The third-order valence-corrected chi connectivity index (χ3v) is 1.15. The molecule has 0 spiro atoms. The molecule has 9 heteroatoms. The molecule has 92 valence electrons. The standard InChI is InChI=1S/2C4H7NO3.Ca/c2*5-3(2-6)1-4(7)8;/h2*2-3H,1,5H2,(H,7,8);/q;;+2/p-2/t2*3-;/m00./s1. The number of aldehydes is 2. The molecule has 0 aliphatic carbocycles. The number of carboxylic acid groups (broad SMARTS) is 2. The summed E-state index contributed by atoms with van der Waals surface area (Å²) in [6.07, 6.45) is -0.0569. The first kappa shape index (κ1) is 21.7. The first-order chi connectivity index (χ1) is 7.33. The molecular formula is C8H12CaN2O6. The van der Waals surface area contributed by atoms with Crippen LogP contribution < -0.4 is 21.7 Å². The Morgan fingerprint density at radius 3 is 1.24 bits per heavy atom. The van der Waals surface area contributed by atoms with Crippen LogP contribution in [-0.2, 0) is 19.2 Å². The van der Waals surface area contributed by atoms with E-state index in [1.165, 1.54) is 0 Å². The van der Waals surface area contributed by atoms with Crippen LogP contribution in [0.25, 0.3) is 0 Å². The van der Waals surface area contributed by atoms with Gasteiger partial charge in [0.15, 0.2) is 0 Å².